The van der Waals surface area contributed by atoms with E-state index < -0.39 is 0 Å². The minimum Gasteiger partial charge on any atom is -0.324 e. The van der Waals surface area contributed by atoms with E-state index in [1.165, 1.54) is 37.8 Å². The summed E-state index contributed by atoms with van der Waals surface area (Å²) < 4.78 is 0.942. The minimum atomic E-state index is 0.0759. The number of nitrogens with one attached hydrogen (secondary N) is 2. The SMILES string of the molecule is Cc1ccc(NC(=O)CN2CCC(C3CCCN3)CC2)c(Br)c1. The second-order valence-corrected chi connectivity index (χ2v) is 7.70. The van der Waals surface area contributed by atoms with Gasteiger partial charge in [0.05, 0.1) is 12.2 Å². The van der Waals surface area contributed by atoms with Crippen molar-refractivity contribution >= 4 is 27.5 Å². The van der Waals surface area contributed by atoms with E-state index in [9.17, 15) is 4.79 Å². The molecule has 1 aromatic carbocycles. The van der Waals surface area contributed by atoms with E-state index in [1.807, 2.05) is 25.1 Å². The molecule has 2 fully saturated rings. The van der Waals surface area contributed by atoms with E-state index in [-0.39, 0.29) is 5.91 Å². The summed E-state index contributed by atoms with van der Waals surface area (Å²) in [4.78, 5) is 14.6. The number of nitrogens with zero attached hydrogens (tertiary/aromatic N) is 1. The van der Waals surface area contributed by atoms with Gasteiger partial charge in [-0.15, -0.1) is 0 Å². The number of carbonyl (C=O) groups is 1. The zero-order valence-electron chi connectivity index (χ0n) is 13.8. The Bertz CT molecular complexity index is 549. The monoisotopic (exact) mass is 379 g/mol. The molecule has 1 atom stereocenters. The van der Waals surface area contributed by atoms with Crippen molar-refractivity contribution in [3.8, 4) is 0 Å². The van der Waals surface area contributed by atoms with Crippen LogP contribution in [-0.4, -0.2) is 43.0 Å². The van der Waals surface area contributed by atoms with Crippen LogP contribution in [0.1, 0.15) is 31.2 Å². The molecule has 5 heteroatoms. The summed E-state index contributed by atoms with van der Waals surface area (Å²) in [5.41, 5.74) is 2.03. The van der Waals surface area contributed by atoms with Gasteiger partial charge in [-0.05, 0) is 91.8 Å². The molecule has 0 saturated carbocycles. The van der Waals surface area contributed by atoms with Gasteiger partial charge in [0.25, 0.3) is 0 Å². The third-order valence-corrected chi connectivity index (χ3v) is 5.72. The van der Waals surface area contributed by atoms with Gasteiger partial charge in [0.2, 0.25) is 5.91 Å². The van der Waals surface area contributed by atoms with Gasteiger partial charge in [-0.2, -0.15) is 0 Å². The second kappa shape index (κ2) is 7.77. The number of benzene rings is 1. The van der Waals surface area contributed by atoms with Crippen LogP contribution in [-0.2, 0) is 4.79 Å². The molecule has 2 N–H and O–H groups in total. The van der Waals surface area contributed by atoms with Gasteiger partial charge >= 0.3 is 0 Å². The molecule has 23 heavy (non-hydrogen) atoms. The fourth-order valence-electron chi connectivity index (χ4n) is 3.74. The van der Waals surface area contributed by atoms with E-state index in [0.717, 1.165) is 35.2 Å². The van der Waals surface area contributed by atoms with E-state index in [2.05, 4.69) is 31.5 Å². The highest BCUT2D eigenvalue weighted by molar-refractivity contribution is 9.10. The molecule has 2 aliphatic heterocycles. The quantitative estimate of drug-likeness (QED) is 0.844. The van der Waals surface area contributed by atoms with Gasteiger partial charge in [-0.3, -0.25) is 9.69 Å². The van der Waals surface area contributed by atoms with Crippen molar-refractivity contribution in [2.24, 2.45) is 5.92 Å². The number of carbonyl (C=O) groups excluding carboxylic acids is 1. The summed E-state index contributed by atoms with van der Waals surface area (Å²) in [6.07, 6.45) is 5.06. The number of rotatable bonds is 4. The highest BCUT2D eigenvalue weighted by Crippen LogP contribution is 2.26. The highest BCUT2D eigenvalue weighted by atomic mass is 79.9. The van der Waals surface area contributed by atoms with E-state index in [1.54, 1.807) is 0 Å². The number of amides is 1. The Morgan fingerprint density at radius 3 is 2.78 bits per heavy atom. The first kappa shape index (κ1) is 16.9. The number of hydrogen-bond acceptors (Lipinski definition) is 3. The fourth-order valence-corrected chi connectivity index (χ4v) is 4.33. The Balaban J connectivity index is 1.45. The van der Waals surface area contributed by atoms with Crippen LogP contribution >= 0.6 is 15.9 Å². The first-order valence-corrected chi connectivity index (χ1v) is 9.43. The van der Waals surface area contributed by atoms with Crippen LogP contribution in [0.15, 0.2) is 22.7 Å². The topological polar surface area (TPSA) is 44.4 Å². The van der Waals surface area contributed by atoms with Crippen molar-refractivity contribution in [2.75, 3.05) is 31.5 Å². The van der Waals surface area contributed by atoms with Crippen LogP contribution < -0.4 is 10.6 Å². The van der Waals surface area contributed by atoms with Gasteiger partial charge in [0.1, 0.15) is 0 Å². The molecular weight excluding hydrogens is 354 g/mol. The van der Waals surface area contributed by atoms with Gasteiger partial charge in [0, 0.05) is 10.5 Å². The largest absolute Gasteiger partial charge is 0.324 e. The molecule has 0 radical (unpaired) electrons. The lowest BCUT2D eigenvalue weighted by Crippen LogP contribution is -2.43. The van der Waals surface area contributed by atoms with Crippen LogP contribution in [0.3, 0.4) is 0 Å². The Morgan fingerprint density at radius 1 is 1.35 bits per heavy atom. The number of likely N-dealkylation sites (tertiary alicyclic amines) is 1. The van der Waals surface area contributed by atoms with Crippen molar-refractivity contribution in [3.05, 3.63) is 28.2 Å². The molecule has 1 aromatic rings. The zero-order valence-corrected chi connectivity index (χ0v) is 15.4. The maximum Gasteiger partial charge on any atom is 0.238 e. The predicted molar refractivity (Wildman–Crippen MR) is 97.7 cm³/mol. The van der Waals surface area contributed by atoms with Crippen molar-refractivity contribution in [3.63, 3.8) is 0 Å². The zero-order chi connectivity index (χ0) is 16.2. The van der Waals surface area contributed by atoms with Crippen molar-refractivity contribution < 1.29 is 4.79 Å². The molecule has 0 aromatic heterocycles. The molecule has 2 aliphatic rings. The first-order chi connectivity index (χ1) is 11.1. The summed E-state index contributed by atoms with van der Waals surface area (Å²) in [5, 5.41) is 6.63. The molecule has 4 nitrogen and oxygen atoms in total. The highest BCUT2D eigenvalue weighted by Gasteiger charge is 2.28. The molecule has 1 unspecified atom stereocenters. The average Bonchev–Trinajstić information content (AvgIpc) is 3.05. The van der Waals surface area contributed by atoms with Crippen molar-refractivity contribution in [1.82, 2.24) is 10.2 Å². The number of halogens is 1. The molecule has 1 amide bonds. The van der Waals surface area contributed by atoms with Crippen LogP contribution in [0, 0.1) is 12.8 Å². The molecule has 3 rings (SSSR count). The van der Waals surface area contributed by atoms with Gasteiger partial charge in [0.15, 0.2) is 0 Å². The number of anilines is 1. The normalized spacial score (nSPS) is 23.1. The second-order valence-electron chi connectivity index (χ2n) is 6.85. The Hall–Kier alpha value is -0.910. The molecule has 2 heterocycles. The van der Waals surface area contributed by atoms with E-state index in [4.69, 9.17) is 0 Å². The van der Waals surface area contributed by atoms with Gasteiger partial charge in [-0.1, -0.05) is 6.07 Å². The van der Waals surface area contributed by atoms with E-state index >= 15 is 0 Å². The first-order valence-electron chi connectivity index (χ1n) is 8.63. The van der Waals surface area contributed by atoms with Crippen LogP contribution in [0.25, 0.3) is 0 Å². The maximum atomic E-state index is 12.3. The Labute approximate surface area is 147 Å². The number of piperidine rings is 1. The Kier molecular flexibility index (Phi) is 5.72. The summed E-state index contributed by atoms with van der Waals surface area (Å²) in [7, 11) is 0. The number of hydrogen-bond donors (Lipinski definition) is 2. The van der Waals surface area contributed by atoms with Crippen LogP contribution in [0.4, 0.5) is 5.69 Å². The molecule has 0 bridgehead atoms. The predicted octanol–water partition coefficient (Wildman–Crippen LogP) is 3.16. The number of aryl methyl sites for hydroxylation is 1. The maximum absolute atomic E-state index is 12.3. The molecule has 0 spiro atoms. The lowest BCUT2D eigenvalue weighted by Gasteiger charge is -2.34. The lowest BCUT2D eigenvalue weighted by atomic mass is 9.88. The third kappa shape index (κ3) is 4.55. The minimum absolute atomic E-state index is 0.0759. The summed E-state index contributed by atoms with van der Waals surface area (Å²) in [6, 6.07) is 6.71. The van der Waals surface area contributed by atoms with Crippen molar-refractivity contribution in [1.29, 1.82) is 0 Å². The summed E-state index contributed by atoms with van der Waals surface area (Å²) in [5.74, 6) is 0.870. The van der Waals surface area contributed by atoms with E-state index in [0.29, 0.717) is 6.54 Å². The summed E-state index contributed by atoms with van der Waals surface area (Å²) in [6.45, 7) is 5.78. The average molecular weight is 380 g/mol. The smallest absolute Gasteiger partial charge is 0.238 e. The summed E-state index contributed by atoms with van der Waals surface area (Å²) >= 11 is 3.51. The van der Waals surface area contributed by atoms with Gasteiger partial charge < -0.3 is 10.6 Å². The molecule has 2 saturated heterocycles. The molecular formula is C18H26BrN3O. The fraction of sp³-hybridized carbons (Fsp3) is 0.611. The standard InChI is InChI=1S/C18H26BrN3O/c1-13-4-5-17(15(19)11-13)21-18(23)12-22-9-6-14(7-10-22)16-3-2-8-20-16/h4-5,11,14,16,20H,2-3,6-10,12H2,1H3,(H,21,23). The van der Waals surface area contributed by atoms with Crippen LogP contribution in [0.5, 0.6) is 0 Å². The lowest BCUT2D eigenvalue weighted by molar-refractivity contribution is -0.117. The molecule has 0 aliphatic carbocycles. The Morgan fingerprint density at radius 2 is 2.13 bits per heavy atom. The van der Waals surface area contributed by atoms with Crippen molar-refractivity contribution in [2.45, 2.75) is 38.6 Å². The van der Waals surface area contributed by atoms with Gasteiger partial charge in [-0.25, -0.2) is 0 Å². The molecule has 126 valence electrons. The van der Waals surface area contributed by atoms with Crippen LogP contribution in [0.2, 0.25) is 0 Å². The third-order valence-electron chi connectivity index (χ3n) is 5.07.